The molecule has 13 heteroatoms. The number of halogens is 5. The fourth-order valence-corrected chi connectivity index (χ4v) is 5.21. The number of alkyl halides is 3. The van der Waals surface area contributed by atoms with E-state index in [4.69, 9.17) is 23.2 Å². The summed E-state index contributed by atoms with van der Waals surface area (Å²) in [5, 5.41) is 22.1. The third kappa shape index (κ3) is 6.13. The van der Waals surface area contributed by atoms with Crippen LogP contribution in [0, 0.1) is 0 Å². The molecule has 0 saturated heterocycles. The second-order valence-corrected chi connectivity index (χ2v) is 10.4. The number of hydrogen-bond donors (Lipinski definition) is 3. The predicted molar refractivity (Wildman–Crippen MR) is 134 cm³/mol. The van der Waals surface area contributed by atoms with E-state index >= 15 is 0 Å². The van der Waals surface area contributed by atoms with Crippen LogP contribution in [0.25, 0.3) is 10.4 Å². The molecule has 2 rings (SSSR count). The standard InChI is InChI=1S/C23H28Cl2F3N3O4S/c1-6-22(35,23(26,27)28)13-10-9-12(14(24)15(13)25)17-16(18(32)29-7-2)30-19(36-17)20(33)31(8-3)11-21(4,5)34/h9-10,34-35H,6-8,11H2,1-5H3,(H,29,32). The Morgan fingerprint density at radius 3 is 2.19 bits per heavy atom. The largest absolute Gasteiger partial charge is 0.421 e. The number of thiazole rings is 1. The minimum atomic E-state index is -5.02. The van der Waals surface area contributed by atoms with Crippen molar-refractivity contribution in [2.75, 3.05) is 19.6 Å². The molecule has 0 aliphatic carbocycles. The fourth-order valence-electron chi connectivity index (χ4n) is 3.51. The SMILES string of the molecule is CCNC(=O)c1nc(C(=O)N(CC)CC(C)(C)O)sc1-c1ccc(C(O)(CC)C(F)(F)F)c(Cl)c1Cl. The van der Waals surface area contributed by atoms with Gasteiger partial charge < -0.3 is 20.4 Å². The fraction of sp³-hybridized carbons (Fsp3) is 0.522. The van der Waals surface area contributed by atoms with Crippen molar-refractivity contribution in [3.05, 3.63) is 38.4 Å². The van der Waals surface area contributed by atoms with Gasteiger partial charge in [0.1, 0.15) is 5.69 Å². The molecule has 0 aliphatic heterocycles. The van der Waals surface area contributed by atoms with E-state index in [1.807, 2.05) is 0 Å². The number of aliphatic hydroxyl groups is 2. The molecule has 0 spiro atoms. The molecule has 0 fully saturated rings. The number of hydrogen-bond acceptors (Lipinski definition) is 6. The summed E-state index contributed by atoms with van der Waals surface area (Å²) in [6.45, 7) is 8.14. The molecule has 200 valence electrons. The van der Waals surface area contributed by atoms with Crippen molar-refractivity contribution in [2.45, 2.75) is 58.4 Å². The third-order valence-corrected chi connectivity index (χ3v) is 7.32. The topological polar surface area (TPSA) is 103 Å². The molecule has 1 atom stereocenters. The lowest BCUT2D eigenvalue weighted by Gasteiger charge is -2.31. The van der Waals surface area contributed by atoms with Gasteiger partial charge in [0.05, 0.1) is 20.5 Å². The Labute approximate surface area is 221 Å². The third-order valence-electron chi connectivity index (χ3n) is 5.36. The molecule has 3 N–H and O–H groups in total. The Kier molecular flexibility index (Phi) is 9.45. The summed E-state index contributed by atoms with van der Waals surface area (Å²) in [6, 6.07) is 2.20. The lowest BCUT2D eigenvalue weighted by atomic mass is 9.89. The quantitative estimate of drug-likeness (QED) is 0.382. The Morgan fingerprint density at radius 2 is 1.72 bits per heavy atom. The number of likely N-dealkylation sites (N-methyl/N-ethyl adjacent to an activating group) is 1. The first-order valence-electron chi connectivity index (χ1n) is 11.1. The van der Waals surface area contributed by atoms with Gasteiger partial charge in [-0.3, -0.25) is 9.59 Å². The maximum absolute atomic E-state index is 13.6. The van der Waals surface area contributed by atoms with E-state index < -0.39 is 46.2 Å². The summed E-state index contributed by atoms with van der Waals surface area (Å²) in [7, 11) is 0. The van der Waals surface area contributed by atoms with Crippen LogP contribution in [0.5, 0.6) is 0 Å². The highest BCUT2D eigenvalue weighted by Crippen LogP contribution is 2.48. The van der Waals surface area contributed by atoms with Crippen molar-refractivity contribution < 1.29 is 33.0 Å². The average Bonchev–Trinajstić information content (AvgIpc) is 3.22. The zero-order chi connectivity index (χ0) is 27.6. The zero-order valence-electron chi connectivity index (χ0n) is 20.4. The smallest absolute Gasteiger partial charge is 0.389 e. The maximum atomic E-state index is 13.6. The highest BCUT2D eigenvalue weighted by atomic mass is 35.5. The van der Waals surface area contributed by atoms with Gasteiger partial charge in [-0.05, 0) is 34.1 Å². The van der Waals surface area contributed by atoms with Gasteiger partial charge in [-0.2, -0.15) is 13.2 Å². The van der Waals surface area contributed by atoms with E-state index in [9.17, 15) is 33.0 Å². The van der Waals surface area contributed by atoms with Gasteiger partial charge in [0, 0.05) is 30.8 Å². The highest BCUT2D eigenvalue weighted by molar-refractivity contribution is 7.17. The summed E-state index contributed by atoms with van der Waals surface area (Å²) in [5.74, 6) is -1.16. The molecular formula is C23H28Cl2F3N3O4S. The maximum Gasteiger partial charge on any atom is 0.421 e. The Morgan fingerprint density at radius 1 is 1.11 bits per heavy atom. The Balaban J connectivity index is 2.70. The Hall–Kier alpha value is -1.92. The van der Waals surface area contributed by atoms with Crippen LogP contribution in [0.2, 0.25) is 10.0 Å². The van der Waals surface area contributed by atoms with E-state index in [0.717, 1.165) is 24.3 Å². The first kappa shape index (κ1) is 30.3. The summed E-state index contributed by atoms with van der Waals surface area (Å²) >= 11 is 13.4. The molecule has 0 radical (unpaired) electrons. The van der Waals surface area contributed by atoms with Crippen LogP contribution in [0.3, 0.4) is 0 Å². The minimum Gasteiger partial charge on any atom is -0.389 e. The predicted octanol–water partition coefficient (Wildman–Crippen LogP) is 5.26. The van der Waals surface area contributed by atoms with Crippen LogP contribution >= 0.6 is 34.5 Å². The number of nitrogens with zero attached hydrogens (tertiary/aromatic N) is 2. The van der Waals surface area contributed by atoms with Gasteiger partial charge in [0.15, 0.2) is 10.6 Å². The van der Waals surface area contributed by atoms with Crippen molar-refractivity contribution in [2.24, 2.45) is 0 Å². The summed E-state index contributed by atoms with van der Waals surface area (Å²) in [6.07, 6.45) is -5.72. The number of carbonyl (C=O) groups excluding carboxylic acids is 2. The molecule has 1 aromatic heterocycles. The van der Waals surface area contributed by atoms with Crippen molar-refractivity contribution in [3.8, 4) is 10.4 Å². The summed E-state index contributed by atoms with van der Waals surface area (Å²) in [4.78, 5) is 31.6. The number of benzene rings is 1. The molecular weight excluding hydrogens is 542 g/mol. The molecule has 36 heavy (non-hydrogen) atoms. The van der Waals surface area contributed by atoms with Gasteiger partial charge in [-0.25, -0.2) is 4.98 Å². The second-order valence-electron chi connectivity index (χ2n) is 8.69. The van der Waals surface area contributed by atoms with Crippen molar-refractivity contribution >= 4 is 46.4 Å². The van der Waals surface area contributed by atoms with Gasteiger partial charge >= 0.3 is 6.18 Å². The van der Waals surface area contributed by atoms with Gasteiger partial charge in [-0.1, -0.05) is 42.3 Å². The number of nitrogens with one attached hydrogen (secondary N) is 1. The number of carbonyl (C=O) groups is 2. The molecule has 2 amide bonds. The van der Waals surface area contributed by atoms with Crippen LogP contribution in [0.15, 0.2) is 12.1 Å². The van der Waals surface area contributed by atoms with E-state index in [2.05, 4.69) is 10.3 Å². The molecule has 1 unspecified atom stereocenters. The lowest BCUT2D eigenvalue weighted by Crippen LogP contribution is -2.42. The second kappa shape index (κ2) is 11.2. The number of aromatic nitrogens is 1. The van der Waals surface area contributed by atoms with Gasteiger partial charge in [0.25, 0.3) is 11.8 Å². The normalized spacial score (nSPS) is 13.9. The lowest BCUT2D eigenvalue weighted by molar-refractivity contribution is -0.267. The van der Waals surface area contributed by atoms with Crippen molar-refractivity contribution in [1.29, 1.82) is 0 Å². The van der Waals surface area contributed by atoms with Crippen LogP contribution in [-0.4, -0.2) is 63.3 Å². The van der Waals surface area contributed by atoms with E-state index in [0.29, 0.717) is 0 Å². The number of amides is 2. The molecule has 0 saturated carbocycles. The first-order valence-corrected chi connectivity index (χ1v) is 12.7. The van der Waals surface area contributed by atoms with Gasteiger partial charge in [0.2, 0.25) is 0 Å². The minimum absolute atomic E-state index is 0.00204. The monoisotopic (exact) mass is 569 g/mol. The average molecular weight is 570 g/mol. The molecule has 0 bridgehead atoms. The van der Waals surface area contributed by atoms with Crippen molar-refractivity contribution in [1.82, 2.24) is 15.2 Å². The van der Waals surface area contributed by atoms with Gasteiger partial charge in [-0.15, -0.1) is 11.3 Å². The molecule has 1 aromatic carbocycles. The summed E-state index contributed by atoms with van der Waals surface area (Å²) < 4.78 is 40.9. The van der Waals surface area contributed by atoms with Crippen LogP contribution in [0.4, 0.5) is 13.2 Å². The van der Waals surface area contributed by atoms with Crippen molar-refractivity contribution in [3.63, 3.8) is 0 Å². The van der Waals surface area contributed by atoms with E-state index in [1.165, 1.54) is 24.8 Å². The molecule has 0 aliphatic rings. The molecule has 7 nitrogen and oxygen atoms in total. The Bertz CT molecular complexity index is 1140. The highest BCUT2D eigenvalue weighted by Gasteiger charge is 2.54. The number of rotatable bonds is 9. The van der Waals surface area contributed by atoms with E-state index in [1.54, 1.807) is 13.8 Å². The van der Waals surface area contributed by atoms with E-state index in [-0.39, 0.29) is 45.8 Å². The first-order chi connectivity index (χ1) is 16.5. The molecule has 2 aromatic rings. The molecule has 1 heterocycles. The zero-order valence-corrected chi connectivity index (χ0v) is 22.7. The van der Waals surface area contributed by atoms with Crippen LogP contribution in [0.1, 0.15) is 66.9 Å². The van der Waals surface area contributed by atoms with Crippen LogP contribution in [-0.2, 0) is 5.60 Å². The summed E-state index contributed by atoms with van der Waals surface area (Å²) in [5.41, 5.74) is -5.13. The van der Waals surface area contributed by atoms with Crippen LogP contribution < -0.4 is 5.32 Å².